The summed E-state index contributed by atoms with van der Waals surface area (Å²) in [5.41, 5.74) is 4.35. The Morgan fingerprint density at radius 1 is 0.775 bits per heavy atom. The number of ketones is 1. The fourth-order valence-electron chi connectivity index (χ4n) is 3.99. The van der Waals surface area contributed by atoms with E-state index >= 15 is 0 Å². The minimum atomic E-state index is -3.21. The Morgan fingerprint density at radius 3 is 1.70 bits per heavy atom. The van der Waals surface area contributed by atoms with Crippen molar-refractivity contribution in [2.75, 3.05) is 0 Å². The molecule has 0 radical (unpaired) electrons. The van der Waals surface area contributed by atoms with Gasteiger partial charge in [0.2, 0.25) is 5.78 Å². The van der Waals surface area contributed by atoms with Gasteiger partial charge in [-0.25, -0.2) is 8.63 Å². The predicted octanol–water partition coefficient (Wildman–Crippen LogP) is 5.95. The van der Waals surface area contributed by atoms with Crippen molar-refractivity contribution in [1.82, 2.24) is 9.97 Å². The van der Waals surface area contributed by atoms with Crippen molar-refractivity contribution < 1.29 is 28.3 Å². The number of carbonyl (C=O) groups excluding carboxylic acids is 1. The molecule has 0 fully saturated rings. The lowest BCUT2D eigenvalue weighted by Gasteiger charge is -2.08. The Morgan fingerprint density at radius 2 is 1.23 bits per heavy atom. The van der Waals surface area contributed by atoms with Crippen LogP contribution in [0.5, 0.6) is 11.5 Å². The molecule has 0 bridgehead atoms. The van der Waals surface area contributed by atoms with Crippen LogP contribution >= 0.6 is 0 Å². The first-order valence-electron chi connectivity index (χ1n) is 12.3. The molecule has 0 aliphatic rings. The lowest BCUT2D eigenvalue weighted by atomic mass is 10.0. The molecule has 4 N–H and O–H groups in total. The van der Waals surface area contributed by atoms with Crippen LogP contribution in [-0.4, -0.2) is 33.4 Å². The molecule has 0 aliphatic carbocycles. The largest absolute Gasteiger partial charge is 0.796 e. The van der Waals surface area contributed by atoms with E-state index in [9.17, 15) is 23.6 Å². The van der Waals surface area contributed by atoms with Gasteiger partial charge < -0.3 is 24.8 Å². The number of allylic oxidation sites excluding steroid dienone is 1. The second kappa shape index (κ2) is 11.7. The number of hydrogen-bond acceptors (Lipinski definition) is 4. The molecule has 2 aromatic heterocycles. The highest BCUT2D eigenvalue weighted by Gasteiger charge is 2.26. The quantitative estimate of drug-likeness (QED) is 0.0830. The Balaban J connectivity index is 1.81. The molecule has 200 valence electrons. The summed E-state index contributed by atoms with van der Waals surface area (Å²) in [5.74, 6) is 10.5. The standard InChI is InChI=1S/C31H25BF2N2O4/c1-18-20(3)35-30(24(18)15-13-22-9-5-7-11-26(22)37)28(39)17-29(40-32(33)34)31-25(19(2)21(4)36-31)16-14-23-10-6-8-12-27(23)38/h5-12,17,35-38H,1-4H3/b29-17-. The van der Waals surface area contributed by atoms with Gasteiger partial charge in [0.15, 0.2) is 0 Å². The summed E-state index contributed by atoms with van der Waals surface area (Å²) >= 11 is 0. The van der Waals surface area contributed by atoms with E-state index in [-0.39, 0.29) is 22.9 Å². The Labute approximate surface area is 230 Å². The topological polar surface area (TPSA) is 98.3 Å². The second-order valence-electron chi connectivity index (χ2n) is 9.04. The fourth-order valence-corrected chi connectivity index (χ4v) is 3.99. The van der Waals surface area contributed by atoms with Gasteiger partial charge in [-0.3, -0.25) is 4.79 Å². The molecule has 4 rings (SSSR count). The van der Waals surface area contributed by atoms with Crippen LogP contribution in [0.4, 0.5) is 8.63 Å². The van der Waals surface area contributed by atoms with E-state index in [0.29, 0.717) is 44.8 Å². The first kappa shape index (κ1) is 27.9. The van der Waals surface area contributed by atoms with Gasteiger partial charge in [-0.1, -0.05) is 47.9 Å². The molecule has 2 heterocycles. The summed E-state index contributed by atoms with van der Waals surface area (Å²) in [6.45, 7) is 7.05. The number of aromatic hydroxyl groups is 2. The molecular formula is C31H25BF2N2O4. The zero-order valence-electron chi connectivity index (χ0n) is 22.2. The summed E-state index contributed by atoms with van der Waals surface area (Å²) in [6.07, 6.45) is 0.970. The first-order valence-corrected chi connectivity index (χ1v) is 12.3. The molecule has 2 aromatic carbocycles. The van der Waals surface area contributed by atoms with Crippen LogP contribution in [-0.2, 0) is 4.65 Å². The van der Waals surface area contributed by atoms with Gasteiger partial charge in [0, 0.05) is 17.5 Å². The number of aromatic amines is 2. The summed E-state index contributed by atoms with van der Waals surface area (Å²) in [6, 6.07) is 13.0. The molecule has 0 aliphatic heterocycles. The SMILES string of the molecule is Cc1[nH]c(C(=O)/C=C(\OB(F)F)c2[nH]c(C)c(C)c2C#Cc2ccccc2O)c(C#Cc2ccccc2O)c1C. The lowest BCUT2D eigenvalue weighted by molar-refractivity contribution is 0.104. The van der Waals surface area contributed by atoms with E-state index < -0.39 is 19.0 Å². The zero-order valence-corrected chi connectivity index (χ0v) is 22.2. The molecule has 40 heavy (non-hydrogen) atoms. The third-order valence-electron chi connectivity index (χ3n) is 6.42. The fraction of sp³-hybridized carbons (Fsp3) is 0.129. The van der Waals surface area contributed by atoms with E-state index in [0.717, 1.165) is 6.08 Å². The van der Waals surface area contributed by atoms with E-state index in [1.807, 2.05) is 0 Å². The minimum absolute atomic E-state index is 0.00440. The van der Waals surface area contributed by atoms with Crippen LogP contribution < -0.4 is 0 Å². The van der Waals surface area contributed by atoms with Crippen LogP contribution in [0.3, 0.4) is 0 Å². The van der Waals surface area contributed by atoms with Crippen LogP contribution in [0.25, 0.3) is 5.76 Å². The molecule has 9 heteroatoms. The minimum Gasteiger partial charge on any atom is -0.507 e. The maximum Gasteiger partial charge on any atom is 0.796 e. The maximum absolute atomic E-state index is 13.5. The van der Waals surface area contributed by atoms with E-state index in [1.54, 1.807) is 64.1 Å². The van der Waals surface area contributed by atoms with Crippen LogP contribution in [0.15, 0.2) is 54.6 Å². The van der Waals surface area contributed by atoms with Crippen LogP contribution in [0, 0.1) is 51.4 Å². The van der Waals surface area contributed by atoms with E-state index in [4.69, 9.17) is 4.65 Å². The molecule has 0 saturated carbocycles. The second-order valence-corrected chi connectivity index (χ2v) is 9.04. The molecule has 4 aromatic rings. The Kier molecular flexibility index (Phi) is 8.16. The Hall–Kier alpha value is -5.15. The van der Waals surface area contributed by atoms with Gasteiger partial charge in [-0.05, 0) is 63.1 Å². The monoisotopic (exact) mass is 538 g/mol. The normalized spacial score (nSPS) is 10.8. The van der Waals surface area contributed by atoms with Crippen LogP contribution in [0.2, 0.25) is 0 Å². The molecule has 0 saturated heterocycles. The molecular weight excluding hydrogens is 513 g/mol. The summed E-state index contributed by atoms with van der Waals surface area (Å²) in [4.78, 5) is 19.5. The molecule has 0 spiro atoms. The number of rotatable bonds is 5. The maximum atomic E-state index is 13.5. The lowest BCUT2D eigenvalue weighted by Crippen LogP contribution is -2.08. The van der Waals surface area contributed by atoms with Gasteiger partial charge in [0.25, 0.3) is 0 Å². The summed E-state index contributed by atoms with van der Waals surface area (Å²) in [5, 5.41) is 20.1. The number of halogens is 2. The van der Waals surface area contributed by atoms with Crippen molar-refractivity contribution in [2.45, 2.75) is 27.7 Å². The zero-order chi connectivity index (χ0) is 29.0. The third-order valence-corrected chi connectivity index (χ3v) is 6.42. The highest BCUT2D eigenvalue weighted by Crippen LogP contribution is 2.28. The van der Waals surface area contributed by atoms with Crippen molar-refractivity contribution >= 4 is 19.0 Å². The number of carbonyl (C=O) groups is 1. The number of aryl methyl sites for hydroxylation is 2. The van der Waals surface area contributed by atoms with Crippen LogP contribution in [0.1, 0.15) is 61.0 Å². The number of phenolic OH excluding ortho intramolecular Hbond substituents is 2. The highest BCUT2D eigenvalue weighted by molar-refractivity contribution is 6.36. The van der Waals surface area contributed by atoms with Crippen molar-refractivity contribution in [1.29, 1.82) is 0 Å². The molecule has 0 unspecified atom stereocenters. The van der Waals surface area contributed by atoms with Gasteiger partial charge in [0.1, 0.15) is 23.0 Å². The molecule has 0 atom stereocenters. The number of nitrogens with one attached hydrogen (secondary N) is 2. The number of benzene rings is 2. The summed E-state index contributed by atoms with van der Waals surface area (Å²) < 4.78 is 31.9. The van der Waals surface area contributed by atoms with Crippen molar-refractivity contribution in [3.8, 4) is 35.2 Å². The van der Waals surface area contributed by atoms with E-state index in [1.165, 1.54) is 12.1 Å². The first-order chi connectivity index (χ1) is 19.1. The third kappa shape index (κ3) is 5.95. The average molecular weight is 538 g/mol. The van der Waals surface area contributed by atoms with Gasteiger partial charge in [-0.15, -0.1) is 0 Å². The smallest absolute Gasteiger partial charge is 0.507 e. The van der Waals surface area contributed by atoms with Gasteiger partial charge in [-0.2, -0.15) is 0 Å². The molecule has 6 nitrogen and oxygen atoms in total. The van der Waals surface area contributed by atoms with Gasteiger partial charge in [0.05, 0.1) is 27.9 Å². The van der Waals surface area contributed by atoms with Crippen molar-refractivity contribution in [3.63, 3.8) is 0 Å². The number of hydrogen-bond donors (Lipinski definition) is 4. The average Bonchev–Trinajstić information content (AvgIpc) is 3.36. The highest BCUT2D eigenvalue weighted by atomic mass is 19.2. The Bertz CT molecular complexity index is 1760. The van der Waals surface area contributed by atoms with Crippen molar-refractivity contribution in [2.24, 2.45) is 0 Å². The number of aromatic nitrogens is 2. The number of phenols is 2. The number of H-pyrrole nitrogens is 2. The number of para-hydroxylation sites is 2. The van der Waals surface area contributed by atoms with Gasteiger partial charge >= 0.3 is 7.47 Å². The molecule has 0 amide bonds. The predicted molar refractivity (Wildman–Crippen MR) is 150 cm³/mol. The van der Waals surface area contributed by atoms with E-state index in [2.05, 4.69) is 33.6 Å². The summed E-state index contributed by atoms with van der Waals surface area (Å²) in [7, 11) is -3.21. The van der Waals surface area contributed by atoms with Crippen molar-refractivity contribution in [3.05, 3.63) is 111 Å².